The normalized spacial score (nSPS) is 29.9. The Morgan fingerprint density at radius 2 is 1.87 bits per heavy atom. The van der Waals surface area contributed by atoms with Gasteiger partial charge >= 0.3 is 0 Å². The minimum absolute atomic E-state index is 0.00708. The van der Waals surface area contributed by atoms with Gasteiger partial charge in [0.05, 0.1) is 0 Å². The monoisotopic (exact) mass is 323 g/mol. The first-order chi connectivity index (χ1) is 11.3. The maximum absolute atomic E-state index is 12.5. The molecule has 3 fully saturated rings. The zero-order chi connectivity index (χ0) is 16.1. The van der Waals surface area contributed by atoms with Crippen molar-refractivity contribution < 1.29 is 14.4 Å². The minimum Gasteiger partial charge on any atom is -0.384 e. The van der Waals surface area contributed by atoms with Crippen molar-refractivity contribution in [3.8, 4) is 0 Å². The zero-order valence-electron chi connectivity index (χ0n) is 13.9. The first-order valence-electron chi connectivity index (χ1n) is 9.08. The number of nitrogens with two attached hydrogens (primary N) is 1. The minimum atomic E-state index is 0.00708. The summed E-state index contributed by atoms with van der Waals surface area (Å²) in [4.78, 5) is 19.8. The van der Waals surface area contributed by atoms with Gasteiger partial charge in [-0.15, -0.1) is 0 Å². The van der Waals surface area contributed by atoms with E-state index in [2.05, 4.69) is 5.16 Å². The molecule has 6 nitrogen and oxygen atoms in total. The van der Waals surface area contributed by atoms with Crippen LogP contribution < -0.4 is 5.73 Å². The van der Waals surface area contributed by atoms with Crippen molar-refractivity contribution in [2.45, 2.75) is 57.4 Å². The molecule has 0 aromatic heterocycles. The maximum Gasteiger partial charge on any atom is 0.263 e. The number of carbonyl (C=O) groups excluding carboxylic acids is 1. The Balaban J connectivity index is 1.48. The van der Waals surface area contributed by atoms with Crippen molar-refractivity contribution in [2.75, 3.05) is 26.4 Å². The summed E-state index contributed by atoms with van der Waals surface area (Å²) in [5.41, 5.74) is 5.96. The number of carbonyl (C=O) groups is 1. The molecule has 2 N–H and O–H groups in total. The Morgan fingerprint density at radius 3 is 2.70 bits per heavy atom. The number of rotatable bonds is 4. The molecule has 0 aromatic carbocycles. The van der Waals surface area contributed by atoms with Crippen LogP contribution in [0.2, 0.25) is 0 Å². The van der Waals surface area contributed by atoms with Crippen LogP contribution in [0, 0.1) is 11.8 Å². The highest BCUT2D eigenvalue weighted by molar-refractivity contribution is 5.82. The molecule has 0 aromatic rings. The zero-order valence-corrected chi connectivity index (χ0v) is 13.9. The number of amidine groups is 1. The molecule has 3 rings (SSSR count). The van der Waals surface area contributed by atoms with Gasteiger partial charge in [-0.25, -0.2) is 0 Å². The lowest BCUT2D eigenvalue weighted by molar-refractivity contribution is -0.142. The van der Waals surface area contributed by atoms with Gasteiger partial charge in [-0.1, -0.05) is 18.0 Å². The topological polar surface area (TPSA) is 77.2 Å². The molecule has 2 heterocycles. The van der Waals surface area contributed by atoms with Gasteiger partial charge in [0, 0.05) is 31.7 Å². The molecule has 1 amide bonds. The van der Waals surface area contributed by atoms with Crippen LogP contribution in [-0.4, -0.2) is 49.0 Å². The van der Waals surface area contributed by atoms with E-state index in [-0.39, 0.29) is 18.4 Å². The van der Waals surface area contributed by atoms with Crippen LogP contribution >= 0.6 is 0 Å². The van der Waals surface area contributed by atoms with Crippen LogP contribution in [0.1, 0.15) is 51.4 Å². The summed E-state index contributed by atoms with van der Waals surface area (Å²) < 4.78 is 5.31. The second-order valence-corrected chi connectivity index (χ2v) is 7.02. The number of piperidine rings is 1. The number of ether oxygens (including phenoxy) is 1. The second-order valence-electron chi connectivity index (χ2n) is 7.02. The van der Waals surface area contributed by atoms with Gasteiger partial charge in [-0.05, 0) is 44.4 Å². The first kappa shape index (κ1) is 16.6. The van der Waals surface area contributed by atoms with Crippen LogP contribution in [0.5, 0.6) is 0 Å². The van der Waals surface area contributed by atoms with Crippen molar-refractivity contribution in [1.29, 1.82) is 0 Å². The van der Waals surface area contributed by atoms with E-state index in [9.17, 15) is 4.79 Å². The Bertz CT molecular complexity index is 433. The molecule has 6 heteroatoms. The Hall–Kier alpha value is -1.30. The third-order valence-electron chi connectivity index (χ3n) is 5.56. The summed E-state index contributed by atoms with van der Waals surface area (Å²) in [5, 5.41) is 3.98. The van der Waals surface area contributed by atoms with E-state index in [0.717, 1.165) is 45.4 Å². The molecule has 1 aliphatic carbocycles. The Kier molecular flexibility index (Phi) is 5.75. The van der Waals surface area contributed by atoms with E-state index >= 15 is 0 Å². The molecule has 0 unspecified atom stereocenters. The summed E-state index contributed by atoms with van der Waals surface area (Å²) in [6.07, 6.45) is 9.09. The lowest BCUT2D eigenvalue weighted by atomic mass is 9.78. The molecule has 3 aliphatic rings. The van der Waals surface area contributed by atoms with Gasteiger partial charge in [0.25, 0.3) is 5.91 Å². The van der Waals surface area contributed by atoms with E-state index in [0.29, 0.717) is 17.8 Å². The fourth-order valence-electron chi connectivity index (χ4n) is 4.25. The van der Waals surface area contributed by atoms with E-state index in [1.807, 2.05) is 4.90 Å². The van der Waals surface area contributed by atoms with Gasteiger partial charge < -0.3 is 20.2 Å². The molecular weight excluding hydrogens is 294 g/mol. The molecule has 2 saturated heterocycles. The highest BCUT2D eigenvalue weighted by Gasteiger charge is 2.35. The summed E-state index contributed by atoms with van der Waals surface area (Å²) >= 11 is 0. The first-order valence-corrected chi connectivity index (χ1v) is 9.08. The van der Waals surface area contributed by atoms with Crippen molar-refractivity contribution in [2.24, 2.45) is 22.7 Å². The maximum atomic E-state index is 12.5. The fraction of sp³-hybridized carbons (Fsp3) is 0.882. The summed E-state index contributed by atoms with van der Waals surface area (Å²) in [6.45, 7) is 2.31. The van der Waals surface area contributed by atoms with Crippen LogP contribution in [0.25, 0.3) is 0 Å². The highest BCUT2D eigenvalue weighted by atomic mass is 16.6. The van der Waals surface area contributed by atoms with Crippen LogP contribution in [-0.2, 0) is 14.4 Å². The van der Waals surface area contributed by atoms with Gasteiger partial charge in [-0.3, -0.25) is 4.79 Å². The summed E-state index contributed by atoms with van der Waals surface area (Å²) in [5.74, 6) is 1.47. The quantitative estimate of drug-likeness (QED) is 0.487. The Morgan fingerprint density at radius 1 is 1.13 bits per heavy atom. The summed E-state index contributed by atoms with van der Waals surface area (Å²) in [6, 6.07) is 0.422. The number of amides is 1. The largest absolute Gasteiger partial charge is 0.384 e. The molecule has 0 spiro atoms. The van der Waals surface area contributed by atoms with Crippen molar-refractivity contribution in [1.82, 2.24) is 4.90 Å². The lowest BCUT2D eigenvalue weighted by Crippen LogP contribution is -2.50. The summed E-state index contributed by atoms with van der Waals surface area (Å²) in [7, 11) is 0. The van der Waals surface area contributed by atoms with Gasteiger partial charge in [-0.2, -0.15) is 0 Å². The molecule has 0 radical (unpaired) electrons. The predicted molar refractivity (Wildman–Crippen MR) is 87.8 cm³/mol. The van der Waals surface area contributed by atoms with E-state index in [1.54, 1.807) is 0 Å². The van der Waals surface area contributed by atoms with Crippen molar-refractivity contribution >= 4 is 11.7 Å². The number of oxime groups is 1. The molecular formula is C17H29N3O3. The van der Waals surface area contributed by atoms with Crippen LogP contribution in [0.4, 0.5) is 0 Å². The molecule has 2 atom stereocenters. The van der Waals surface area contributed by atoms with E-state index < -0.39 is 0 Å². The molecule has 23 heavy (non-hydrogen) atoms. The molecule has 0 bridgehead atoms. The highest BCUT2D eigenvalue weighted by Crippen LogP contribution is 2.35. The van der Waals surface area contributed by atoms with Gasteiger partial charge in [0.15, 0.2) is 6.61 Å². The van der Waals surface area contributed by atoms with Crippen molar-refractivity contribution in [3.63, 3.8) is 0 Å². The second kappa shape index (κ2) is 7.99. The fourth-order valence-corrected chi connectivity index (χ4v) is 4.25. The average molecular weight is 323 g/mol. The third-order valence-corrected chi connectivity index (χ3v) is 5.56. The lowest BCUT2D eigenvalue weighted by Gasteiger charge is -2.43. The van der Waals surface area contributed by atoms with Crippen molar-refractivity contribution in [3.05, 3.63) is 0 Å². The van der Waals surface area contributed by atoms with E-state index in [1.165, 1.54) is 25.7 Å². The SMILES string of the molecule is N/C(=N/OCC(=O)N1CCC[C@H]2CCCC[C@@H]21)C1CCOCC1. The van der Waals surface area contributed by atoms with Gasteiger partial charge in [0.2, 0.25) is 0 Å². The number of hydrogen-bond donors (Lipinski definition) is 1. The van der Waals surface area contributed by atoms with Crippen LogP contribution in [0.15, 0.2) is 5.16 Å². The van der Waals surface area contributed by atoms with Gasteiger partial charge in [0.1, 0.15) is 5.84 Å². The number of nitrogens with zero attached hydrogens (tertiary/aromatic N) is 2. The number of likely N-dealkylation sites (tertiary alicyclic amines) is 1. The van der Waals surface area contributed by atoms with E-state index in [4.69, 9.17) is 15.3 Å². The molecule has 130 valence electrons. The third kappa shape index (κ3) is 4.16. The Labute approximate surface area is 138 Å². The number of hydrogen-bond acceptors (Lipinski definition) is 4. The number of fused-ring (bicyclic) bond motifs is 1. The predicted octanol–water partition coefficient (Wildman–Crippen LogP) is 1.88. The van der Waals surface area contributed by atoms with Crippen LogP contribution in [0.3, 0.4) is 0 Å². The standard InChI is InChI=1S/C17H29N3O3/c18-17(14-7-10-22-11-8-14)19-23-12-16(21)20-9-3-5-13-4-1-2-6-15(13)20/h13-15H,1-12H2,(H2,18,19)/t13-,15+/m1/s1. The molecule has 1 saturated carbocycles. The average Bonchev–Trinajstić information content (AvgIpc) is 2.61. The smallest absolute Gasteiger partial charge is 0.263 e. The molecule has 2 aliphatic heterocycles.